The number of ether oxygens (including phenoxy) is 1. The molecule has 0 bridgehead atoms. The van der Waals surface area contributed by atoms with Gasteiger partial charge in [0.2, 0.25) is 5.43 Å². The zero-order valence-corrected chi connectivity index (χ0v) is 14.3. The molecule has 0 amide bonds. The van der Waals surface area contributed by atoms with E-state index in [1.807, 2.05) is 0 Å². The molecule has 25 heavy (non-hydrogen) atoms. The van der Waals surface area contributed by atoms with E-state index in [4.69, 9.17) is 16.3 Å². The molecule has 0 saturated carbocycles. The Morgan fingerprint density at radius 2 is 2.00 bits per heavy atom. The van der Waals surface area contributed by atoms with Gasteiger partial charge in [-0.05, 0) is 31.2 Å². The molecule has 2 heterocycles. The topological polar surface area (TPSA) is 53.2 Å². The van der Waals surface area contributed by atoms with Gasteiger partial charge in [0.25, 0.3) is 0 Å². The highest BCUT2D eigenvalue weighted by Crippen LogP contribution is 2.21. The van der Waals surface area contributed by atoms with Gasteiger partial charge >= 0.3 is 5.97 Å². The molecular formula is C18H16ClFN2O3. The minimum Gasteiger partial charge on any atom is -0.462 e. The van der Waals surface area contributed by atoms with Crippen molar-refractivity contribution in [1.29, 1.82) is 0 Å². The number of hydrogen-bond acceptors (Lipinski definition) is 3. The fraction of sp³-hybridized carbons (Fsp3) is 0.222. The van der Waals surface area contributed by atoms with Gasteiger partial charge in [-0.3, -0.25) is 4.79 Å². The van der Waals surface area contributed by atoms with Crippen molar-refractivity contribution >= 4 is 28.5 Å². The molecule has 0 aliphatic carbocycles. The first kappa shape index (κ1) is 17.2. The summed E-state index contributed by atoms with van der Waals surface area (Å²) in [7, 11) is 0. The number of carbonyl (C=O) groups is 1. The number of aromatic nitrogens is 2. The van der Waals surface area contributed by atoms with Crippen molar-refractivity contribution in [2.24, 2.45) is 0 Å². The number of rotatable bonds is 5. The van der Waals surface area contributed by atoms with E-state index < -0.39 is 17.2 Å². The molecule has 2 aromatic heterocycles. The summed E-state index contributed by atoms with van der Waals surface area (Å²) in [5.41, 5.74) is 0.123. The molecule has 7 heteroatoms. The van der Waals surface area contributed by atoms with Crippen molar-refractivity contribution in [3.63, 3.8) is 0 Å². The largest absolute Gasteiger partial charge is 0.462 e. The van der Waals surface area contributed by atoms with Crippen molar-refractivity contribution in [3.05, 3.63) is 64.5 Å². The van der Waals surface area contributed by atoms with Crippen LogP contribution in [-0.2, 0) is 11.3 Å². The van der Waals surface area contributed by atoms with Gasteiger partial charge in [-0.15, -0.1) is 11.6 Å². The number of halogens is 2. The maximum absolute atomic E-state index is 14.6. The van der Waals surface area contributed by atoms with Crippen LogP contribution in [0.15, 0.2) is 47.7 Å². The van der Waals surface area contributed by atoms with Crippen LogP contribution < -0.4 is 5.43 Å². The first-order valence-corrected chi connectivity index (χ1v) is 8.33. The minimum absolute atomic E-state index is 0.115. The number of hydrogen-bond donors (Lipinski definition) is 0. The number of fused-ring (bicyclic) bond motifs is 1. The Morgan fingerprint density at radius 1 is 1.28 bits per heavy atom. The summed E-state index contributed by atoms with van der Waals surface area (Å²) < 4.78 is 22.8. The predicted octanol–water partition coefficient (Wildman–Crippen LogP) is 3.35. The first-order valence-electron chi connectivity index (χ1n) is 7.80. The second-order valence-electron chi connectivity index (χ2n) is 5.39. The summed E-state index contributed by atoms with van der Waals surface area (Å²) >= 11 is 5.85. The van der Waals surface area contributed by atoms with Crippen molar-refractivity contribution in [3.8, 4) is 5.69 Å². The highest BCUT2D eigenvalue weighted by Gasteiger charge is 2.18. The molecule has 0 radical (unpaired) electrons. The van der Waals surface area contributed by atoms with Gasteiger partial charge in [-0.1, -0.05) is 0 Å². The van der Waals surface area contributed by atoms with Crippen LogP contribution in [0.4, 0.5) is 4.39 Å². The Morgan fingerprint density at radius 3 is 2.64 bits per heavy atom. The van der Waals surface area contributed by atoms with E-state index in [-0.39, 0.29) is 23.4 Å². The monoisotopic (exact) mass is 362 g/mol. The Balaban J connectivity index is 2.30. The van der Waals surface area contributed by atoms with E-state index >= 15 is 0 Å². The van der Waals surface area contributed by atoms with Crippen LogP contribution in [0.1, 0.15) is 17.3 Å². The van der Waals surface area contributed by atoms with E-state index in [0.29, 0.717) is 17.7 Å². The molecule has 0 aliphatic rings. The fourth-order valence-corrected chi connectivity index (χ4v) is 2.90. The predicted molar refractivity (Wildman–Crippen MR) is 94.2 cm³/mol. The second-order valence-corrected chi connectivity index (χ2v) is 5.76. The van der Waals surface area contributed by atoms with Crippen LogP contribution in [0, 0.1) is 5.82 Å². The quantitative estimate of drug-likeness (QED) is 0.516. The van der Waals surface area contributed by atoms with E-state index in [1.165, 1.54) is 6.20 Å². The molecule has 0 fully saturated rings. The van der Waals surface area contributed by atoms with Gasteiger partial charge in [-0.2, -0.15) is 0 Å². The summed E-state index contributed by atoms with van der Waals surface area (Å²) in [6, 6.07) is 6.28. The van der Waals surface area contributed by atoms with Crippen LogP contribution >= 0.6 is 11.6 Å². The molecule has 3 rings (SSSR count). The number of aryl methyl sites for hydroxylation is 1. The van der Waals surface area contributed by atoms with Gasteiger partial charge in [0.1, 0.15) is 11.4 Å². The third-order valence-electron chi connectivity index (χ3n) is 3.85. The summed E-state index contributed by atoms with van der Waals surface area (Å²) in [5, 5.41) is 0.115. The van der Waals surface area contributed by atoms with Crippen molar-refractivity contribution in [1.82, 2.24) is 9.13 Å². The number of pyridine rings is 1. The average Bonchev–Trinajstić information content (AvgIpc) is 3.11. The lowest BCUT2D eigenvalue weighted by Gasteiger charge is -2.14. The van der Waals surface area contributed by atoms with E-state index in [1.54, 1.807) is 46.7 Å². The molecule has 3 aromatic rings. The third kappa shape index (κ3) is 3.17. The molecule has 0 saturated heterocycles. The summed E-state index contributed by atoms with van der Waals surface area (Å²) in [5.74, 6) is -1.01. The molecule has 0 aliphatic heterocycles. The molecule has 0 N–H and O–H groups in total. The average molecular weight is 363 g/mol. The zero-order valence-electron chi connectivity index (χ0n) is 13.5. The van der Waals surface area contributed by atoms with Crippen LogP contribution in [0.3, 0.4) is 0 Å². The molecule has 0 unspecified atom stereocenters. The number of carbonyl (C=O) groups excluding carboxylic acids is 1. The normalized spacial score (nSPS) is 11.0. The van der Waals surface area contributed by atoms with Crippen molar-refractivity contribution < 1.29 is 13.9 Å². The Labute approximate surface area is 148 Å². The van der Waals surface area contributed by atoms with E-state index in [2.05, 4.69) is 0 Å². The lowest BCUT2D eigenvalue weighted by Crippen LogP contribution is -2.21. The van der Waals surface area contributed by atoms with Crippen molar-refractivity contribution in [2.45, 2.75) is 13.5 Å². The van der Waals surface area contributed by atoms with Crippen LogP contribution in [0.2, 0.25) is 0 Å². The van der Waals surface area contributed by atoms with Gasteiger partial charge in [0, 0.05) is 36.4 Å². The molecule has 0 spiro atoms. The molecule has 1 aromatic carbocycles. The molecule has 130 valence electrons. The van der Waals surface area contributed by atoms with Gasteiger partial charge in [-0.25, -0.2) is 9.18 Å². The summed E-state index contributed by atoms with van der Waals surface area (Å²) in [6.07, 6.45) is 4.84. The van der Waals surface area contributed by atoms with E-state index in [9.17, 15) is 14.0 Å². The Hall–Kier alpha value is -2.60. The fourth-order valence-electron chi connectivity index (χ4n) is 2.72. The van der Waals surface area contributed by atoms with Crippen LogP contribution in [-0.4, -0.2) is 27.6 Å². The van der Waals surface area contributed by atoms with Gasteiger partial charge in [0.05, 0.1) is 17.8 Å². The number of esters is 1. The lowest BCUT2D eigenvalue weighted by atomic mass is 10.1. The van der Waals surface area contributed by atoms with Crippen molar-refractivity contribution in [2.75, 3.05) is 12.5 Å². The summed E-state index contributed by atoms with van der Waals surface area (Å²) in [4.78, 5) is 24.7. The molecule has 5 nitrogen and oxygen atoms in total. The third-order valence-corrected chi connectivity index (χ3v) is 4.02. The summed E-state index contributed by atoms with van der Waals surface area (Å²) in [6.45, 7) is 2.16. The Kier molecular flexibility index (Phi) is 4.90. The van der Waals surface area contributed by atoms with Gasteiger partial charge in [0.15, 0.2) is 0 Å². The SMILES string of the molecule is CCOC(=O)c1cn(CCCl)c2cc(-n3cccc3)c(F)cc2c1=O. The number of alkyl halides is 1. The number of nitrogens with zero attached hydrogens (tertiary/aromatic N) is 2. The van der Waals surface area contributed by atoms with E-state index in [0.717, 1.165) is 6.07 Å². The van der Waals surface area contributed by atoms with Gasteiger partial charge < -0.3 is 13.9 Å². The molecular weight excluding hydrogens is 347 g/mol. The van der Waals surface area contributed by atoms with Crippen LogP contribution in [0.5, 0.6) is 0 Å². The highest BCUT2D eigenvalue weighted by atomic mass is 35.5. The number of benzene rings is 1. The zero-order chi connectivity index (χ0) is 18.0. The lowest BCUT2D eigenvalue weighted by molar-refractivity contribution is 0.0524. The standard InChI is InChI=1S/C18H16ClFN2O3/c1-2-25-18(24)13-11-22(8-5-19)15-10-16(21-6-3-4-7-21)14(20)9-12(15)17(13)23/h3-4,6-7,9-11H,2,5,8H2,1H3. The maximum atomic E-state index is 14.6. The maximum Gasteiger partial charge on any atom is 0.343 e. The highest BCUT2D eigenvalue weighted by molar-refractivity contribution is 6.17. The first-order chi connectivity index (χ1) is 12.1. The smallest absolute Gasteiger partial charge is 0.343 e. The Bertz CT molecular complexity index is 980. The van der Waals surface area contributed by atoms with Crippen LogP contribution in [0.25, 0.3) is 16.6 Å². The second kappa shape index (κ2) is 7.11. The molecule has 0 atom stereocenters. The minimum atomic E-state index is -0.729.